The van der Waals surface area contributed by atoms with Gasteiger partial charge in [-0.05, 0) is 52.5 Å². The molecular weight excluding hydrogens is 376 g/mol. The highest BCUT2D eigenvalue weighted by atomic mass is 16.5. The summed E-state index contributed by atoms with van der Waals surface area (Å²) in [5.41, 5.74) is 5.74. The van der Waals surface area contributed by atoms with Gasteiger partial charge in [-0.1, -0.05) is 35.0 Å². The van der Waals surface area contributed by atoms with E-state index in [4.69, 9.17) is 9.51 Å². The molecule has 1 saturated heterocycles. The second-order valence-corrected chi connectivity index (χ2v) is 8.20. The maximum Gasteiger partial charge on any atom is 0.227 e. The summed E-state index contributed by atoms with van der Waals surface area (Å²) in [6, 6.07) is 8.07. The Balaban J connectivity index is 1.70. The van der Waals surface area contributed by atoms with Crippen LogP contribution < -0.4 is 0 Å². The molecule has 4 rings (SSSR count). The average Bonchev–Trinajstić information content (AvgIpc) is 3.06. The molecule has 1 amide bonds. The van der Waals surface area contributed by atoms with E-state index in [-0.39, 0.29) is 11.9 Å². The quantitative estimate of drug-likeness (QED) is 0.632. The molecule has 0 saturated carbocycles. The third kappa shape index (κ3) is 3.99. The molecule has 1 aromatic carbocycles. The van der Waals surface area contributed by atoms with Crippen LogP contribution >= 0.6 is 0 Å². The van der Waals surface area contributed by atoms with Crippen LogP contribution in [0.5, 0.6) is 0 Å². The van der Waals surface area contributed by atoms with Gasteiger partial charge < -0.3 is 9.42 Å². The van der Waals surface area contributed by atoms with Crippen molar-refractivity contribution in [2.45, 2.75) is 59.4 Å². The van der Waals surface area contributed by atoms with Crippen molar-refractivity contribution >= 4 is 5.91 Å². The highest BCUT2D eigenvalue weighted by molar-refractivity contribution is 5.80. The lowest BCUT2D eigenvalue weighted by Gasteiger charge is -2.36. The Labute approximate surface area is 177 Å². The smallest absolute Gasteiger partial charge is 0.227 e. The Bertz CT molecular complexity index is 1070. The Morgan fingerprint density at radius 3 is 2.77 bits per heavy atom. The zero-order chi connectivity index (χ0) is 21.3. The van der Waals surface area contributed by atoms with Crippen LogP contribution in [0.15, 0.2) is 35.0 Å². The summed E-state index contributed by atoms with van der Waals surface area (Å²) in [6.45, 7) is 8.59. The Kier molecular flexibility index (Phi) is 5.66. The maximum atomic E-state index is 13.3. The van der Waals surface area contributed by atoms with Crippen molar-refractivity contribution in [2.24, 2.45) is 0 Å². The molecule has 156 valence electrons. The number of carbonyl (C=O) groups is 1. The van der Waals surface area contributed by atoms with Crippen LogP contribution in [0.2, 0.25) is 0 Å². The number of likely N-dealkylation sites (tertiary alicyclic amines) is 1. The molecule has 0 aliphatic carbocycles. The molecule has 6 nitrogen and oxygen atoms in total. The molecule has 1 unspecified atom stereocenters. The number of benzene rings is 1. The summed E-state index contributed by atoms with van der Waals surface area (Å²) < 4.78 is 5.62. The first-order chi connectivity index (χ1) is 14.4. The molecule has 1 fully saturated rings. The number of hydrogen-bond donors (Lipinski definition) is 0. The molecule has 1 atom stereocenters. The van der Waals surface area contributed by atoms with Crippen molar-refractivity contribution in [2.75, 3.05) is 6.54 Å². The minimum atomic E-state index is -0.0856. The zero-order valence-corrected chi connectivity index (χ0v) is 18.1. The Morgan fingerprint density at radius 2 is 2.03 bits per heavy atom. The minimum Gasteiger partial charge on any atom is -0.356 e. The maximum absolute atomic E-state index is 13.3. The van der Waals surface area contributed by atoms with E-state index in [9.17, 15) is 4.79 Å². The first-order valence-electron chi connectivity index (χ1n) is 10.6. The van der Waals surface area contributed by atoms with Crippen LogP contribution in [-0.4, -0.2) is 32.5 Å². The second-order valence-electron chi connectivity index (χ2n) is 8.20. The van der Waals surface area contributed by atoms with Gasteiger partial charge in [-0.2, -0.15) is 0 Å². The van der Waals surface area contributed by atoms with Crippen molar-refractivity contribution in [3.05, 3.63) is 64.4 Å². The molecule has 6 heteroatoms. The van der Waals surface area contributed by atoms with E-state index in [1.54, 1.807) is 0 Å². The zero-order valence-electron chi connectivity index (χ0n) is 18.1. The number of nitrogens with zero attached hydrogens (tertiary/aromatic N) is 4. The van der Waals surface area contributed by atoms with Crippen LogP contribution in [-0.2, 0) is 11.2 Å². The molecule has 3 aromatic rings. The lowest BCUT2D eigenvalue weighted by atomic mass is 9.94. The molecule has 2 aromatic heterocycles. The fraction of sp³-hybridized carbons (Fsp3) is 0.417. The van der Waals surface area contributed by atoms with Gasteiger partial charge in [0, 0.05) is 18.3 Å². The summed E-state index contributed by atoms with van der Waals surface area (Å²) >= 11 is 0. The van der Waals surface area contributed by atoms with Gasteiger partial charge in [0.25, 0.3) is 0 Å². The van der Waals surface area contributed by atoms with Crippen molar-refractivity contribution in [1.82, 2.24) is 20.0 Å². The van der Waals surface area contributed by atoms with Crippen LogP contribution in [0.3, 0.4) is 0 Å². The van der Waals surface area contributed by atoms with Gasteiger partial charge in [0.15, 0.2) is 5.76 Å². The minimum absolute atomic E-state index is 0.0856. The van der Waals surface area contributed by atoms with Gasteiger partial charge in [0.1, 0.15) is 5.82 Å². The van der Waals surface area contributed by atoms with Crippen molar-refractivity contribution in [3.63, 3.8) is 0 Å². The number of aryl methyl sites for hydroxylation is 3. The Hall–Kier alpha value is -3.02. The molecule has 3 heterocycles. The normalized spacial score (nSPS) is 16.7. The third-order valence-electron chi connectivity index (χ3n) is 5.92. The van der Waals surface area contributed by atoms with E-state index >= 15 is 0 Å². The Morgan fingerprint density at radius 1 is 1.20 bits per heavy atom. The molecule has 1 aliphatic rings. The van der Waals surface area contributed by atoms with Crippen molar-refractivity contribution in [3.8, 4) is 11.3 Å². The van der Waals surface area contributed by atoms with E-state index in [1.807, 2.05) is 44.0 Å². The van der Waals surface area contributed by atoms with Crippen LogP contribution in [0.4, 0.5) is 0 Å². The van der Waals surface area contributed by atoms with Gasteiger partial charge in [-0.25, -0.2) is 9.97 Å². The number of carbonyl (C=O) groups excluding carboxylic acids is 1. The average molecular weight is 405 g/mol. The molecule has 0 bridgehead atoms. The van der Waals surface area contributed by atoms with Crippen molar-refractivity contribution in [1.29, 1.82) is 0 Å². The number of amides is 1. The molecular formula is C24H28N4O2. The fourth-order valence-corrected chi connectivity index (χ4v) is 4.20. The number of piperidine rings is 1. The van der Waals surface area contributed by atoms with E-state index in [1.165, 1.54) is 5.56 Å². The molecule has 0 spiro atoms. The van der Waals surface area contributed by atoms with E-state index in [0.29, 0.717) is 18.0 Å². The van der Waals surface area contributed by atoms with Gasteiger partial charge >= 0.3 is 0 Å². The van der Waals surface area contributed by atoms with Crippen LogP contribution in [0.1, 0.15) is 59.2 Å². The first-order valence-corrected chi connectivity index (χ1v) is 10.6. The third-order valence-corrected chi connectivity index (χ3v) is 5.92. The fourth-order valence-electron chi connectivity index (χ4n) is 4.20. The summed E-state index contributed by atoms with van der Waals surface area (Å²) in [4.78, 5) is 24.5. The highest BCUT2D eigenvalue weighted by Gasteiger charge is 2.32. The van der Waals surface area contributed by atoms with E-state index in [2.05, 4.69) is 29.2 Å². The SMILES string of the molecule is Cc1cccc(CC(=O)N2CCCCC2c2nc(C)ncc2-c2onc(C)c2C)c1. The largest absolute Gasteiger partial charge is 0.356 e. The monoisotopic (exact) mass is 404 g/mol. The molecule has 30 heavy (non-hydrogen) atoms. The molecule has 1 aliphatic heterocycles. The first kappa shape index (κ1) is 20.3. The number of aromatic nitrogens is 3. The lowest BCUT2D eigenvalue weighted by molar-refractivity contribution is -0.134. The van der Waals surface area contributed by atoms with Gasteiger partial charge in [-0.3, -0.25) is 4.79 Å². The van der Waals surface area contributed by atoms with Crippen LogP contribution in [0.25, 0.3) is 11.3 Å². The predicted molar refractivity (Wildman–Crippen MR) is 115 cm³/mol. The summed E-state index contributed by atoms with van der Waals surface area (Å²) in [5, 5.41) is 4.11. The number of rotatable bonds is 4. The van der Waals surface area contributed by atoms with Gasteiger partial charge in [-0.15, -0.1) is 0 Å². The molecule has 0 radical (unpaired) electrons. The summed E-state index contributed by atoms with van der Waals surface area (Å²) in [5.74, 6) is 1.52. The second kappa shape index (κ2) is 8.38. The van der Waals surface area contributed by atoms with E-state index in [0.717, 1.165) is 53.9 Å². The topological polar surface area (TPSA) is 72.1 Å². The molecule has 0 N–H and O–H groups in total. The summed E-state index contributed by atoms with van der Waals surface area (Å²) in [6.07, 6.45) is 5.17. The number of hydrogen-bond acceptors (Lipinski definition) is 5. The lowest BCUT2D eigenvalue weighted by Crippen LogP contribution is -2.40. The predicted octanol–water partition coefficient (Wildman–Crippen LogP) is 4.66. The van der Waals surface area contributed by atoms with Crippen molar-refractivity contribution < 1.29 is 9.32 Å². The standard InChI is InChI=1S/C24H28N4O2/c1-15-8-7-9-19(12-15)13-22(29)28-11-6-5-10-21(28)23-20(14-25-18(4)26-23)24-16(2)17(3)27-30-24/h7-9,12,14,21H,5-6,10-11,13H2,1-4H3. The van der Waals surface area contributed by atoms with E-state index < -0.39 is 0 Å². The van der Waals surface area contributed by atoms with Gasteiger partial charge in [0.2, 0.25) is 5.91 Å². The summed E-state index contributed by atoms with van der Waals surface area (Å²) in [7, 11) is 0. The van der Waals surface area contributed by atoms with Gasteiger partial charge in [0.05, 0.1) is 29.4 Å². The van der Waals surface area contributed by atoms with Crippen LogP contribution in [0, 0.1) is 27.7 Å². The highest BCUT2D eigenvalue weighted by Crippen LogP contribution is 2.37.